The van der Waals surface area contributed by atoms with Crippen molar-refractivity contribution in [1.82, 2.24) is 0 Å². The number of aliphatic hydroxyl groups is 1. The fourth-order valence-electron chi connectivity index (χ4n) is 1.82. The minimum absolute atomic E-state index is 0.242. The summed E-state index contributed by atoms with van der Waals surface area (Å²) in [6.07, 6.45) is -1.30. The minimum Gasteiger partial charge on any atom is -0.475 e. The van der Waals surface area contributed by atoms with E-state index in [-0.39, 0.29) is 11.5 Å². The fourth-order valence-corrected chi connectivity index (χ4v) is 2.87. The van der Waals surface area contributed by atoms with E-state index in [4.69, 9.17) is 9.47 Å². The molecule has 0 fully saturated rings. The van der Waals surface area contributed by atoms with Gasteiger partial charge in [0.15, 0.2) is 11.0 Å². The molecule has 0 bridgehead atoms. The van der Waals surface area contributed by atoms with Crippen molar-refractivity contribution in [2.24, 2.45) is 0 Å². The van der Waals surface area contributed by atoms with Gasteiger partial charge < -0.3 is 14.6 Å². The highest BCUT2D eigenvalue weighted by molar-refractivity contribution is 8.00. The van der Waals surface area contributed by atoms with Gasteiger partial charge in [0.05, 0.1) is 11.5 Å². The number of rotatable bonds is 3. The molecule has 0 radical (unpaired) electrons. The van der Waals surface area contributed by atoms with Gasteiger partial charge in [-0.2, -0.15) is 0 Å². The SMILES string of the molecule is CCOC(=O)C(O)c1cccc2c1OC(C)(C)S2. The highest BCUT2D eigenvalue weighted by Gasteiger charge is 2.35. The van der Waals surface area contributed by atoms with Crippen molar-refractivity contribution in [3.63, 3.8) is 0 Å². The van der Waals surface area contributed by atoms with E-state index in [1.54, 1.807) is 30.8 Å². The van der Waals surface area contributed by atoms with Gasteiger partial charge in [0.25, 0.3) is 0 Å². The van der Waals surface area contributed by atoms with Crippen LogP contribution in [0.2, 0.25) is 0 Å². The number of hydrogen-bond acceptors (Lipinski definition) is 5. The number of fused-ring (bicyclic) bond motifs is 1. The molecule has 98 valence electrons. The summed E-state index contributed by atoms with van der Waals surface area (Å²) >= 11 is 1.56. The number of ether oxygens (including phenoxy) is 2. The highest BCUT2D eigenvalue weighted by Crippen LogP contribution is 2.49. The average Bonchev–Trinajstić information content (AvgIpc) is 2.61. The van der Waals surface area contributed by atoms with Crippen LogP contribution >= 0.6 is 11.8 Å². The summed E-state index contributed by atoms with van der Waals surface area (Å²) in [5, 5.41) is 9.99. The number of benzene rings is 1. The molecule has 0 amide bonds. The monoisotopic (exact) mass is 268 g/mol. The van der Waals surface area contributed by atoms with Crippen molar-refractivity contribution in [3.05, 3.63) is 23.8 Å². The van der Waals surface area contributed by atoms with Crippen LogP contribution in [-0.2, 0) is 9.53 Å². The Balaban J connectivity index is 2.32. The third-order valence-corrected chi connectivity index (χ3v) is 3.63. The Hall–Kier alpha value is -1.20. The van der Waals surface area contributed by atoms with Crippen LogP contribution < -0.4 is 4.74 Å². The smallest absolute Gasteiger partial charge is 0.339 e. The van der Waals surface area contributed by atoms with Gasteiger partial charge in [-0.05, 0) is 26.8 Å². The standard InChI is InChI=1S/C13H16O4S/c1-4-16-12(15)10(14)8-6-5-7-9-11(8)17-13(2,3)18-9/h5-7,10,14H,4H2,1-3H3. The summed E-state index contributed by atoms with van der Waals surface area (Å²) in [5.41, 5.74) is 0.462. The lowest BCUT2D eigenvalue weighted by molar-refractivity contribution is -0.153. The molecule has 1 atom stereocenters. The molecule has 0 saturated carbocycles. The van der Waals surface area contributed by atoms with Gasteiger partial charge in [-0.25, -0.2) is 4.79 Å². The molecule has 1 aliphatic rings. The Kier molecular flexibility index (Phi) is 3.54. The Morgan fingerprint density at radius 2 is 2.28 bits per heavy atom. The van der Waals surface area contributed by atoms with E-state index < -0.39 is 12.1 Å². The van der Waals surface area contributed by atoms with Gasteiger partial charge in [-0.15, -0.1) is 0 Å². The van der Waals surface area contributed by atoms with Crippen molar-refractivity contribution < 1.29 is 19.4 Å². The lowest BCUT2D eigenvalue weighted by Gasteiger charge is -2.18. The second-order valence-electron chi connectivity index (χ2n) is 4.43. The molecule has 0 saturated heterocycles. The lowest BCUT2D eigenvalue weighted by Crippen LogP contribution is -2.20. The van der Waals surface area contributed by atoms with Crippen molar-refractivity contribution in [3.8, 4) is 5.75 Å². The normalized spacial score (nSPS) is 17.8. The van der Waals surface area contributed by atoms with Crippen molar-refractivity contribution >= 4 is 17.7 Å². The molecule has 18 heavy (non-hydrogen) atoms. The number of thioether (sulfide) groups is 1. The van der Waals surface area contributed by atoms with Gasteiger partial charge in [0.2, 0.25) is 0 Å². The van der Waals surface area contributed by atoms with E-state index in [2.05, 4.69) is 0 Å². The van der Waals surface area contributed by atoms with Gasteiger partial charge in [0.1, 0.15) is 5.75 Å². The van der Waals surface area contributed by atoms with Gasteiger partial charge in [-0.3, -0.25) is 0 Å². The molecule has 0 aliphatic carbocycles. The fraction of sp³-hybridized carbons (Fsp3) is 0.462. The molecule has 4 nitrogen and oxygen atoms in total. The predicted octanol–water partition coefficient (Wildman–Crippen LogP) is 2.50. The Morgan fingerprint density at radius 3 is 2.94 bits per heavy atom. The first-order chi connectivity index (χ1) is 8.44. The third-order valence-electron chi connectivity index (χ3n) is 2.52. The Labute approximate surface area is 110 Å². The molecule has 1 aliphatic heterocycles. The molecule has 5 heteroatoms. The van der Waals surface area contributed by atoms with Gasteiger partial charge >= 0.3 is 5.97 Å². The lowest BCUT2D eigenvalue weighted by atomic mass is 10.1. The predicted molar refractivity (Wildman–Crippen MR) is 68.6 cm³/mol. The molecule has 1 aromatic carbocycles. The number of carbonyl (C=O) groups excluding carboxylic acids is 1. The largest absolute Gasteiger partial charge is 0.475 e. The van der Waals surface area contributed by atoms with E-state index in [0.29, 0.717) is 11.3 Å². The second-order valence-corrected chi connectivity index (χ2v) is 6.06. The molecule has 1 aromatic rings. The van der Waals surface area contributed by atoms with Crippen molar-refractivity contribution in [2.75, 3.05) is 6.61 Å². The molecule has 1 unspecified atom stereocenters. The molecular weight excluding hydrogens is 252 g/mol. The van der Waals surface area contributed by atoms with E-state index in [0.717, 1.165) is 4.90 Å². The number of carbonyl (C=O) groups is 1. The highest BCUT2D eigenvalue weighted by atomic mass is 32.2. The van der Waals surface area contributed by atoms with E-state index >= 15 is 0 Å². The van der Waals surface area contributed by atoms with Crippen molar-refractivity contribution in [2.45, 2.75) is 36.7 Å². The zero-order valence-corrected chi connectivity index (χ0v) is 11.4. The quantitative estimate of drug-likeness (QED) is 0.854. The second kappa shape index (κ2) is 4.82. The molecule has 1 heterocycles. The van der Waals surface area contributed by atoms with Crippen LogP contribution in [0.15, 0.2) is 23.1 Å². The van der Waals surface area contributed by atoms with Crippen LogP contribution in [0.3, 0.4) is 0 Å². The third kappa shape index (κ3) is 2.47. The number of para-hydroxylation sites is 1. The van der Waals surface area contributed by atoms with Crippen LogP contribution in [0.25, 0.3) is 0 Å². The van der Waals surface area contributed by atoms with Crippen molar-refractivity contribution in [1.29, 1.82) is 0 Å². The number of hydrogen-bond donors (Lipinski definition) is 1. The summed E-state index contributed by atoms with van der Waals surface area (Å²) < 4.78 is 10.6. The maximum Gasteiger partial charge on any atom is 0.339 e. The zero-order valence-electron chi connectivity index (χ0n) is 10.6. The van der Waals surface area contributed by atoms with Crippen LogP contribution in [0.5, 0.6) is 5.75 Å². The summed E-state index contributed by atoms with van der Waals surface area (Å²) in [7, 11) is 0. The van der Waals surface area contributed by atoms with Gasteiger partial charge in [0, 0.05) is 5.56 Å². The van der Waals surface area contributed by atoms with Crippen LogP contribution in [0, 0.1) is 0 Å². The van der Waals surface area contributed by atoms with E-state index in [1.165, 1.54) is 0 Å². The summed E-state index contributed by atoms with van der Waals surface area (Å²) in [6.45, 7) is 5.83. The Morgan fingerprint density at radius 1 is 1.56 bits per heavy atom. The molecule has 0 aromatic heterocycles. The molecular formula is C13H16O4S. The maximum absolute atomic E-state index is 11.6. The van der Waals surface area contributed by atoms with E-state index in [1.807, 2.05) is 19.9 Å². The number of aliphatic hydroxyl groups excluding tert-OH is 1. The first-order valence-corrected chi connectivity index (χ1v) is 6.62. The van der Waals surface area contributed by atoms with Crippen LogP contribution in [-0.4, -0.2) is 22.6 Å². The first-order valence-electron chi connectivity index (χ1n) is 5.80. The average molecular weight is 268 g/mol. The minimum atomic E-state index is -1.30. The molecule has 2 rings (SSSR count). The summed E-state index contributed by atoms with van der Waals surface area (Å²) in [6, 6.07) is 5.40. The van der Waals surface area contributed by atoms with Crippen LogP contribution in [0.1, 0.15) is 32.4 Å². The van der Waals surface area contributed by atoms with Gasteiger partial charge in [-0.1, -0.05) is 23.9 Å². The van der Waals surface area contributed by atoms with E-state index in [9.17, 15) is 9.90 Å². The maximum atomic E-state index is 11.6. The Bertz CT molecular complexity index is 470. The molecule has 0 spiro atoms. The summed E-state index contributed by atoms with van der Waals surface area (Å²) in [4.78, 5) is 12.1. The first kappa shape index (κ1) is 13.2. The molecule has 1 N–H and O–H groups in total. The number of esters is 1. The zero-order chi connectivity index (χ0) is 13.3. The summed E-state index contributed by atoms with van der Waals surface area (Å²) in [5.74, 6) is -0.0720. The van der Waals surface area contributed by atoms with Crippen LogP contribution in [0.4, 0.5) is 0 Å². The topological polar surface area (TPSA) is 55.8 Å².